The maximum atomic E-state index is 5.96. The monoisotopic (exact) mass is 302 g/mol. The molecule has 1 heterocycles. The molecule has 4 heteroatoms. The van der Waals surface area contributed by atoms with Crippen molar-refractivity contribution in [1.29, 1.82) is 0 Å². The second-order valence-electron chi connectivity index (χ2n) is 5.36. The fourth-order valence-corrected chi connectivity index (χ4v) is 3.25. The summed E-state index contributed by atoms with van der Waals surface area (Å²) in [6, 6.07) is 9.40. The maximum Gasteiger partial charge on any atom is 0.0406 e. The van der Waals surface area contributed by atoms with Crippen molar-refractivity contribution in [3.8, 4) is 0 Å². The molecule has 2 nitrogen and oxygen atoms in total. The van der Waals surface area contributed by atoms with Crippen LogP contribution in [0.15, 0.2) is 24.3 Å². The van der Waals surface area contributed by atoms with Gasteiger partial charge in [0.2, 0.25) is 0 Å². The lowest BCUT2D eigenvalue weighted by Crippen LogP contribution is -2.32. The van der Waals surface area contributed by atoms with E-state index in [2.05, 4.69) is 30.9 Å². The predicted molar refractivity (Wildman–Crippen MR) is 85.1 cm³/mol. The molecular formula is C15H24Cl2N2. The van der Waals surface area contributed by atoms with Gasteiger partial charge in [-0.25, -0.2) is 0 Å². The summed E-state index contributed by atoms with van der Waals surface area (Å²) in [7, 11) is 0. The summed E-state index contributed by atoms with van der Waals surface area (Å²) in [5.74, 6) is 0.654. The van der Waals surface area contributed by atoms with Crippen LogP contribution in [0.2, 0.25) is 5.02 Å². The first-order valence-electron chi connectivity index (χ1n) is 6.87. The number of likely N-dealkylation sites (tertiary alicyclic amines) is 1. The molecule has 0 aromatic heterocycles. The predicted octanol–water partition coefficient (Wildman–Crippen LogP) is 3.88. The zero-order valence-corrected chi connectivity index (χ0v) is 13.3. The van der Waals surface area contributed by atoms with Crippen molar-refractivity contribution >= 4 is 24.0 Å². The molecule has 2 N–H and O–H groups in total. The largest absolute Gasteiger partial charge is 0.330 e. The molecule has 1 aliphatic heterocycles. The molecule has 0 saturated carbocycles. The van der Waals surface area contributed by atoms with Gasteiger partial charge in [-0.2, -0.15) is 0 Å². The van der Waals surface area contributed by atoms with E-state index in [1.807, 2.05) is 12.1 Å². The number of hydrogen-bond donors (Lipinski definition) is 1. The van der Waals surface area contributed by atoms with E-state index in [0.29, 0.717) is 18.0 Å². The van der Waals surface area contributed by atoms with Gasteiger partial charge in [0.05, 0.1) is 0 Å². The Labute approximate surface area is 127 Å². The summed E-state index contributed by atoms with van der Waals surface area (Å²) in [4.78, 5) is 2.60. The van der Waals surface area contributed by atoms with Crippen LogP contribution in [0.3, 0.4) is 0 Å². The average Bonchev–Trinajstić information content (AvgIpc) is 2.74. The molecule has 108 valence electrons. The third kappa shape index (κ3) is 3.85. The zero-order chi connectivity index (χ0) is 13.1. The summed E-state index contributed by atoms with van der Waals surface area (Å²) in [6.45, 7) is 6.49. The lowest BCUT2D eigenvalue weighted by Gasteiger charge is -2.31. The van der Waals surface area contributed by atoms with Crippen LogP contribution in [0.25, 0.3) is 0 Å². The van der Waals surface area contributed by atoms with E-state index >= 15 is 0 Å². The Kier molecular flexibility index (Phi) is 6.61. The van der Waals surface area contributed by atoms with Crippen molar-refractivity contribution in [3.63, 3.8) is 0 Å². The van der Waals surface area contributed by atoms with Crippen LogP contribution in [0.1, 0.15) is 38.3 Å². The number of nitrogens with zero attached hydrogens (tertiary/aromatic N) is 1. The van der Waals surface area contributed by atoms with Gasteiger partial charge in [0.1, 0.15) is 0 Å². The molecule has 2 rings (SSSR count). The Bertz CT molecular complexity index is 380. The Balaban J connectivity index is 0.00000180. The molecule has 3 unspecified atom stereocenters. The van der Waals surface area contributed by atoms with Crippen LogP contribution >= 0.6 is 24.0 Å². The molecule has 0 bridgehead atoms. The van der Waals surface area contributed by atoms with Crippen molar-refractivity contribution in [3.05, 3.63) is 34.9 Å². The van der Waals surface area contributed by atoms with Crippen LogP contribution in [0.4, 0.5) is 0 Å². The number of rotatable bonds is 4. The van der Waals surface area contributed by atoms with Crippen molar-refractivity contribution in [1.82, 2.24) is 4.90 Å². The van der Waals surface area contributed by atoms with Gasteiger partial charge >= 0.3 is 0 Å². The standard InChI is InChI=1S/C15H23ClN2.ClH/c1-3-15(13-4-6-14(16)7-5-13)18-10-12(9-17)8-11(18)2;/h4-7,11-12,15H,3,8-10,17H2,1-2H3;1H. The molecule has 1 aliphatic rings. The Morgan fingerprint density at radius 2 is 2.00 bits per heavy atom. The lowest BCUT2D eigenvalue weighted by atomic mass is 10.0. The highest BCUT2D eigenvalue weighted by atomic mass is 35.5. The van der Waals surface area contributed by atoms with Gasteiger partial charge in [-0.15, -0.1) is 12.4 Å². The molecule has 1 saturated heterocycles. The van der Waals surface area contributed by atoms with E-state index < -0.39 is 0 Å². The van der Waals surface area contributed by atoms with Crippen LogP contribution in [-0.4, -0.2) is 24.0 Å². The SMILES string of the molecule is CCC(c1ccc(Cl)cc1)N1CC(CN)CC1C.Cl. The number of hydrogen-bond acceptors (Lipinski definition) is 2. The van der Waals surface area contributed by atoms with Crippen molar-refractivity contribution in [2.45, 2.75) is 38.8 Å². The van der Waals surface area contributed by atoms with E-state index in [0.717, 1.165) is 24.5 Å². The van der Waals surface area contributed by atoms with Crippen molar-refractivity contribution in [2.75, 3.05) is 13.1 Å². The lowest BCUT2D eigenvalue weighted by molar-refractivity contribution is 0.182. The minimum atomic E-state index is 0. The first kappa shape index (κ1) is 16.8. The Hall–Kier alpha value is -0.280. The second-order valence-corrected chi connectivity index (χ2v) is 5.80. The van der Waals surface area contributed by atoms with Crippen molar-refractivity contribution in [2.24, 2.45) is 11.7 Å². The first-order chi connectivity index (χ1) is 8.65. The summed E-state index contributed by atoms with van der Waals surface area (Å²) in [5, 5.41) is 0.808. The topological polar surface area (TPSA) is 29.3 Å². The molecule has 3 atom stereocenters. The van der Waals surface area contributed by atoms with E-state index in [9.17, 15) is 0 Å². The third-order valence-electron chi connectivity index (χ3n) is 4.08. The molecule has 1 fully saturated rings. The summed E-state index contributed by atoms with van der Waals surface area (Å²) >= 11 is 5.96. The highest BCUT2D eigenvalue weighted by Crippen LogP contribution is 2.34. The van der Waals surface area contributed by atoms with E-state index in [1.165, 1.54) is 12.0 Å². The van der Waals surface area contributed by atoms with Crippen LogP contribution in [0, 0.1) is 5.92 Å². The van der Waals surface area contributed by atoms with E-state index in [-0.39, 0.29) is 12.4 Å². The minimum absolute atomic E-state index is 0. The van der Waals surface area contributed by atoms with Crippen LogP contribution in [0.5, 0.6) is 0 Å². The quantitative estimate of drug-likeness (QED) is 0.914. The molecular weight excluding hydrogens is 279 g/mol. The second kappa shape index (κ2) is 7.49. The summed E-state index contributed by atoms with van der Waals surface area (Å²) < 4.78 is 0. The fraction of sp³-hybridized carbons (Fsp3) is 0.600. The van der Waals surface area contributed by atoms with Crippen LogP contribution < -0.4 is 5.73 Å². The van der Waals surface area contributed by atoms with E-state index in [4.69, 9.17) is 17.3 Å². The first-order valence-corrected chi connectivity index (χ1v) is 7.24. The molecule has 1 aromatic rings. The van der Waals surface area contributed by atoms with Gasteiger partial charge in [0, 0.05) is 23.7 Å². The highest BCUT2D eigenvalue weighted by Gasteiger charge is 2.32. The van der Waals surface area contributed by atoms with Gasteiger partial charge < -0.3 is 5.73 Å². The molecule has 0 radical (unpaired) electrons. The summed E-state index contributed by atoms with van der Waals surface area (Å²) in [6.07, 6.45) is 2.35. The smallest absolute Gasteiger partial charge is 0.0406 e. The molecule has 19 heavy (non-hydrogen) atoms. The van der Waals surface area contributed by atoms with Crippen molar-refractivity contribution < 1.29 is 0 Å². The highest BCUT2D eigenvalue weighted by molar-refractivity contribution is 6.30. The molecule has 0 amide bonds. The minimum Gasteiger partial charge on any atom is -0.330 e. The number of benzene rings is 1. The fourth-order valence-electron chi connectivity index (χ4n) is 3.12. The maximum absolute atomic E-state index is 5.96. The average molecular weight is 303 g/mol. The Morgan fingerprint density at radius 3 is 2.47 bits per heavy atom. The third-order valence-corrected chi connectivity index (χ3v) is 4.34. The zero-order valence-electron chi connectivity index (χ0n) is 11.7. The van der Waals surface area contributed by atoms with Gasteiger partial charge in [0.25, 0.3) is 0 Å². The normalized spacial score (nSPS) is 25.1. The van der Waals surface area contributed by atoms with Crippen LogP contribution in [-0.2, 0) is 0 Å². The van der Waals surface area contributed by atoms with E-state index in [1.54, 1.807) is 0 Å². The summed E-state index contributed by atoms with van der Waals surface area (Å²) in [5.41, 5.74) is 7.18. The van der Waals surface area contributed by atoms with Gasteiger partial charge in [0.15, 0.2) is 0 Å². The Morgan fingerprint density at radius 1 is 1.37 bits per heavy atom. The van der Waals surface area contributed by atoms with Gasteiger partial charge in [-0.1, -0.05) is 30.7 Å². The number of nitrogens with two attached hydrogens (primary N) is 1. The van der Waals surface area contributed by atoms with Gasteiger partial charge in [-0.05, 0) is 49.9 Å². The molecule has 1 aromatic carbocycles. The molecule has 0 spiro atoms. The molecule has 0 aliphatic carbocycles. The number of halogens is 2. The van der Waals surface area contributed by atoms with Gasteiger partial charge in [-0.3, -0.25) is 4.90 Å².